The molecule has 3 rings (SSSR count). The fraction of sp³-hybridized carbons (Fsp3) is 0.350. The van der Waals surface area contributed by atoms with Crippen molar-refractivity contribution in [3.8, 4) is 0 Å². The topological polar surface area (TPSA) is 62.3 Å². The quantitative estimate of drug-likeness (QED) is 0.897. The van der Waals surface area contributed by atoms with Gasteiger partial charge in [0.15, 0.2) is 0 Å². The number of carbonyl (C=O) groups is 2. The fourth-order valence-electron chi connectivity index (χ4n) is 3.00. The molecule has 0 aliphatic carbocycles. The molecule has 0 unspecified atom stereocenters. The van der Waals surface area contributed by atoms with E-state index in [1.807, 2.05) is 0 Å². The van der Waals surface area contributed by atoms with Crippen LogP contribution in [0.25, 0.3) is 0 Å². The summed E-state index contributed by atoms with van der Waals surface area (Å²) in [5.41, 5.74) is 1.47. The summed E-state index contributed by atoms with van der Waals surface area (Å²) in [7, 11) is 0. The van der Waals surface area contributed by atoms with Crippen LogP contribution in [-0.4, -0.2) is 41.3 Å². The predicted molar refractivity (Wildman–Crippen MR) is 96.4 cm³/mol. The Morgan fingerprint density at radius 3 is 2.42 bits per heavy atom. The molecule has 0 atom stereocenters. The molecule has 26 heavy (non-hydrogen) atoms. The largest absolute Gasteiger partial charge is 0.350 e. The maximum Gasteiger partial charge on any atom is 0.272 e. The van der Waals surface area contributed by atoms with Gasteiger partial charge in [0.25, 0.3) is 11.8 Å². The lowest BCUT2D eigenvalue weighted by Crippen LogP contribution is -2.36. The van der Waals surface area contributed by atoms with E-state index in [0.717, 1.165) is 37.9 Å². The van der Waals surface area contributed by atoms with E-state index in [0.29, 0.717) is 18.7 Å². The third kappa shape index (κ3) is 4.65. The lowest BCUT2D eigenvalue weighted by Gasteiger charge is -2.26. The molecule has 0 bridgehead atoms. The van der Waals surface area contributed by atoms with E-state index >= 15 is 0 Å². The average Bonchev–Trinajstić information content (AvgIpc) is 2.69. The van der Waals surface area contributed by atoms with Crippen molar-refractivity contribution >= 4 is 11.8 Å². The molecule has 2 aromatic rings. The highest BCUT2D eigenvalue weighted by atomic mass is 19.1. The second-order valence-electron chi connectivity index (χ2n) is 6.39. The Balaban J connectivity index is 1.57. The summed E-state index contributed by atoms with van der Waals surface area (Å²) in [5, 5.41) is 2.79. The number of aromatic nitrogens is 1. The number of pyridine rings is 1. The normalized spacial score (nSPS) is 14.1. The van der Waals surface area contributed by atoms with Crippen LogP contribution in [0.2, 0.25) is 0 Å². The Hall–Kier alpha value is -2.76. The maximum absolute atomic E-state index is 12.9. The number of hydrogen-bond acceptors (Lipinski definition) is 3. The highest BCUT2D eigenvalue weighted by Crippen LogP contribution is 2.12. The Bertz CT molecular complexity index is 771. The second-order valence-corrected chi connectivity index (χ2v) is 6.39. The van der Waals surface area contributed by atoms with Gasteiger partial charge in [-0.15, -0.1) is 0 Å². The highest BCUT2D eigenvalue weighted by molar-refractivity contribution is 5.96. The molecule has 1 saturated heterocycles. The summed E-state index contributed by atoms with van der Waals surface area (Å²) in [6.45, 7) is 1.90. The van der Waals surface area contributed by atoms with E-state index in [-0.39, 0.29) is 23.3 Å². The standard InChI is InChI=1S/C20H22FN3O2/c21-16-9-7-15(8-10-16)11-12-22-19(25)17-5-4-6-18(23-17)20(26)24-13-2-1-3-14-24/h4-10H,1-3,11-14H2,(H,22,25). The van der Waals surface area contributed by atoms with Gasteiger partial charge < -0.3 is 10.2 Å². The Morgan fingerprint density at radius 2 is 1.69 bits per heavy atom. The van der Waals surface area contributed by atoms with Crippen molar-refractivity contribution < 1.29 is 14.0 Å². The predicted octanol–water partition coefficient (Wildman–Crippen LogP) is 2.82. The van der Waals surface area contributed by atoms with Crippen LogP contribution in [0, 0.1) is 5.82 Å². The van der Waals surface area contributed by atoms with Crippen molar-refractivity contribution in [1.82, 2.24) is 15.2 Å². The van der Waals surface area contributed by atoms with Crippen molar-refractivity contribution in [3.63, 3.8) is 0 Å². The number of nitrogens with one attached hydrogen (secondary N) is 1. The van der Waals surface area contributed by atoms with E-state index < -0.39 is 0 Å². The molecule has 0 radical (unpaired) electrons. The van der Waals surface area contributed by atoms with Gasteiger partial charge in [-0.1, -0.05) is 18.2 Å². The zero-order valence-electron chi connectivity index (χ0n) is 14.6. The third-order valence-electron chi connectivity index (χ3n) is 4.46. The van der Waals surface area contributed by atoms with Gasteiger partial charge in [-0.3, -0.25) is 9.59 Å². The summed E-state index contributed by atoms with van der Waals surface area (Å²) >= 11 is 0. The van der Waals surface area contributed by atoms with E-state index in [4.69, 9.17) is 0 Å². The first-order chi connectivity index (χ1) is 12.6. The lowest BCUT2D eigenvalue weighted by atomic mass is 10.1. The average molecular weight is 355 g/mol. The molecule has 5 nitrogen and oxygen atoms in total. The number of halogens is 1. The fourth-order valence-corrected chi connectivity index (χ4v) is 3.00. The number of likely N-dealkylation sites (tertiary alicyclic amines) is 1. The van der Waals surface area contributed by atoms with E-state index in [2.05, 4.69) is 10.3 Å². The number of nitrogens with zero attached hydrogens (tertiary/aromatic N) is 2. The van der Waals surface area contributed by atoms with Crippen LogP contribution in [0.5, 0.6) is 0 Å². The lowest BCUT2D eigenvalue weighted by molar-refractivity contribution is 0.0718. The Morgan fingerprint density at radius 1 is 1.00 bits per heavy atom. The highest BCUT2D eigenvalue weighted by Gasteiger charge is 2.20. The van der Waals surface area contributed by atoms with Crippen LogP contribution < -0.4 is 5.32 Å². The van der Waals surface area contributed by atoms with Crippen LogP contribution in [0.15, 0.2) is 42.5 Å². The third-order valence-corrected chi connectivity index (χ3v) is 4.46. The monoisotopic (exact) mass is 355 g/mol. The van der Waals surface area contributed by atoms with Crippen molar-refractivity contribution in [2.24, 2.45) is 0 Å². The molecular formula is C20H22FN3O2. The van der Waals surface area contributed by atoms with Crippen molar-refractivity contribution in [3.05, 3.63) is 65.2 Å². The Kier molecular flexibility index (Phi) is 5.94. The molecule has 1 aliphatic heterocycles. The molecule has 1 aromatic carbocycles. The number of amides is 2. The molecule has 1 aliphatic rings. The van der Waals surface area contributed by atoms with Gasteiger partial charge in [-0.25, -0.2) is 9.37 Å². The van der Waals surface area contributed by atoms with Crippen molar-refractivity contribution in [2.45, 2.75) is 25.7 Å². The van der Waals surface area contributed by atoms with Gasteiger partial charge in [-0.2, -0.15) is 0 Å². The van der Waals surface area contributed by atoms with E-state index in [1.54, 1.807) is 35.2 Å². The molecule has 1 aromatic heterocycles. The molecule has 136 valence electrons. The molecule has 0 saturated carbocycles. The number of hydrogen-bond donors (Lipinski definition) is 1. The number of piperidine rings is 1. The minimum Gasteiger partial charge on any atom is -0.350 e. The van der Waals surface area contributed by atoms with E-state index in [9.17, 15) is 14.0 Å². The second kappa shape index (κ2) is 8.56. The molecule has 6 heteroatoms. The van der Waals surface area contributed by atoms with Gasteiger partial charge >= 0.3 is 0 Å². The van der Waals surface area contributed by atoms with Gasteiger partial charge in [-0.05, 0) is 55.5 Å². The number of rotatable bonds is 5. The summed E-state index contributed by atoms with van der Waals surface area (Å²) in [6, 6.07) is 11.1. The molecule has 2 heterocycles. The van der Waals surface area contributed by atoms with Crippen LogP contribution in [-0.2, 0) is 6.42 Å². The summed E-state index contributed by atoms with van der Waals surface area (Å²) < 4.78 is 12.9. The molecule has 1 N–H and O–H groups in total. The minimum atomic E-state index is -0.319. The first kappa shape index (κ1) is 18.0. The molecular weight excluding hydrogens is 333 g/mol. The molecule has 1 fully saturated rings. The van der Waals surface area contributed by atoms with E-state index in [1.165, 1.54) is 12.1 Å². The maximum atomic E-state index is 12.9. The molecule has 0 spiro atoms. The Labute approximate surface area is 152 Å². The smallest absolute Gasteiger partial charge is 0.272 e. The van der Waals surface area contributed by atoms with Crippen LogP contribution in [0.3, 0.4) is 0 Å². The van der Waals surface area contributed by atoms with Gasteiger partial charge in [0.05, 0.1) is 0 Å². The first-order valence-electron chi connectivity index (χ1n) is 8.92. The summed E-state index contributed by atoms with van der Waals surface area (Å²) in [5.74, 6) is -0.719. The summed E-state index contributed by atoms with van der Waals surface area (Å²) in [4.78, 5) is 30.8. The summed E-state index contributed by atoms with van der Waals surface area (Å²) in [6.07, 6.45) is 3.76. The van der Waals surface area contributed by atoms with Crippen LogP contribution >= 0.6 is 0 Å². The zero-order valence-corrected chi connectivity index (χ0v) is 14.6. The van der Waals surface area contributed by atoms with Crippen molar-refractivity contribution in [1.29, 1.82) is 0 Å². The SMILES string of the molecule is O=C(NCCc1ccc(F)cc1)c1cccc(C(=O)N2CCCCC2)n1. The van der Waals surface area contributed by atoms with Gasteiger partial charge in [0, 0.05) is 19.6 Å². The number of carbonyl (C=O) groups excluding carboxylic acids is 2. The molecule has 2 amide bonds. The van der Waals surface area contributed by atoms with Crippen LogP contribution in [0.4, 0.5) is 4.39 Å². The zero-order chi connectivity index (χ0) is 18.4. The first-order valence-corrected chi connectivity index (χ1v) is 8.92. The number of benzene rings is 1. The van der Waals surface area contributed by atoms with Crippen molar-refractivity contribution in [2.75, 3.05) is 19.6 Å². The van der Waals surface area contributed by atoms with Crippen LogP contribution in [0.1, 0.15) is 45.8 Å². The van der Waals surface area contributed by atoms with Gasteiger partial charge in [0.1, 0.15) is 17.2 Å². The minimum absolute atomic E-state index is 0.120. The van der Waals surface area contributed by atoms with Gasteiger partial charge in [0.2, 0.25) is 0 Å².